The molecule has 0 saturated heterocycles. The lowest BCUT2D eigenvalue weighted by Gasteiger charge is -2.08. The van der Waals surface area contributed by atoms with Gasteiger partial charge < -0.3 is 5.32 Å². The maximum absolute atomic E-state index is 10.3. The van der Waals surface area contributed by atoms with E-state index in [-0.39, 0.29) is 0 Å². The van der Waals surface area contributed by atoms with Crippen molar-refractivity contribution in [2.75, 3.05) is 5.32 Å². The molecule has 4 heteroatoms. The molecule has 0 radical (unpaired) electrons. The van der Waals surface area contributed by atoms with E-state index in [0.717, 1.165) is 17.8 Å². The summed E-state index contributed by atoms with van der Waals surface area (Å²) in [4.78, 5) is 15.0. The van der Waals surface area contributed by atoms with Crippen LogP contribution in [0.25, 0.3) is 0 Å². The number of anilines is 1. The summed E-state index contributed by atoms with van der Waals surface area (Å²) in [6.45, 7) is 4.19. The smallest absolute Gasteiger partial charge is 0.183 e. The molecule has 12 heavy (non-hydrogen) atoms. The second-order valence-corrected chi connectivity index (χ2v) is 3.70. The predicted molar refractivity (Wildman–Crippen MR) is 50.9 cm³/mol. The Bertz CT molecular complexity index is 259. The monoisotopic (exact) mass is 184 g/mol. The number of thiazole rings is 1. The largest absolute Gasteiger partial charge is 0.359 e. The minimum Gasteiger partial charge on any atom is -0.359 e. The number of nitrogens with zero attached hydrogens (tertiary/aromatic N) is 1. The van der Waals surface area contributed by atoms with Crippen molar-refractivity contribution < 1.29 is 4.79 Å². The van der Waals surface area contributed by atoms with Crippen LogP contribution in [0.3, 0.4) is 0 Å². The molecule has 1 aromatic rings. The summed E-state index contributed by atoms with van der Waals surface area (Å²) in [5.74, 6) is 0. The lowest BCUT2D eigenvalue weighted by Crippen LogP contribution is -2.12. The average Bonchev–Trinajstić information content (AvgIpc) is 2.52. The van der Waals surface area contributed by atoms with E-state index in [1.54, 1.807) is 6.20 Å². The van der Waals surface area contributed by atoms with Gasteiger partial charge in [0.2, 0.25) is 0 Å². The number of hydrogen-bond acceptors (Lipinski definition) is 4. The van der Waals surface area contributed by atoms with Crippen molar-refractivity contribution in [2.45, 2.75) is 26.3 Å². The maximum atomic E-state index is 10.3. The maximum Gasteiger partial charge on any atom is 0.183 e. The van der Waals surface area contributed by atoms with E-state index >= 15 is 0 Å². The summed E-state index contributed by atoms with van der Waals surface area (Å²) in [7, 11) is 0. The van der Waals surface area contributed by atoms with Gasteiger partial charge in [0.15, 0.2) is 11.4 Å². The Hall–Kier alpha value is -0.900. The Balaban J connectivity index is 2.57. The van der Waals surface area contributed by atoms with E-state index < -0.39 is 0 Å². The van der Waals surface area contributed by atoms with E-state index in [0.29, 0.717) is 10.9 Å². The number of aldehydes is 1. The number of aromatic nitrogens is 1. The molecule has 0 fully saturated rings. The van der Waals surface area contributed by atoms with Gasteiger partial charge in [-0.3, -0.25) is 4.79 Å². The van der Waals surface area contributed by atoms with Crippen molar-refractivity contribution in [3.63, 3.8) is 0 Å². The lowest BCUT2D eigenvalue weighted by atomic mass is 10.3. The minimum atomic E-state index is 0.413. The second kappa shape index (κ2) is 4.21. The fraction of sp³-hybridized carbons (Fsp3) is 0.500. The highest BCUT2D eigenvalue weighted by Crippen LogP contribution is 2.17. The second-order valence-electron chi connectivity index (χ2n) is 2.64. The Morgan fingerprint density at radius 3 is 3.08 bits per heavy atom. The molecule has 3 nitrogen and oxygen atoms in total. The summed E-state index contributed by atoms with van der Waals surface area (Å²) in [6, 6.07) is 0.413. The highest BCUT2D eigenvalue weighted by Gasteiger charge is 2.02. The van der Waals surface area contributed by atoms with Crippen LogP contribution in [0.4, 0.5) is 5.13 Å². The van der Waals surface area contributed by atoms with Crippen molar-refractivity contribution in [1.29, 1.82) is 0 Å². The molecule has 1 atom stereocenters. The van der Waals surface area contributed by atoms with Gasteiger partial charge >= 0.3 is 0 Å². The summed E-state index contributed by atoms with van der Waals surface area (Å²) in [5, 5.41) is 4.02. The molecule has 0 saturated carbocycles. The third-order valence-electron chi connectivity index (χ3n) is 1.62. The van der Waals surface area contributed by atoms with Crippen molar-refractivity contribution in [3.05, 3.63) is 11.1 Å². The SMILES string of the molecule is CC[C@@H](C)Nc1ncc(C=O)s1. The normalized spacial score (nSPS) is 12.5. The number of nitrogens with one attached hydrogen (secondary N) is 1. The summed E-state index contributed by atoms with van der Waals surface area (Å²) < 4.78 is 0. The average molecular weight is 184 g/mol. The Morgan fingerprint density at radius 1 is 1.83 bits per heavy atom. The molecule has 0 spiro atoms. The molecule has 0 aromatic carbocycles. The third kappa shape index (κ3) is 2.30. The van der Waals surface area contributed by atoms with Crippen LogP contribution in [-0.4, -0.2) is 17.3 Å². The molecule has 1 heterocycles. The molecule has 0 unspecified atom stereocenters. The Labute approximate surface area is 75.8 Å². The van der Waals surface area contributed by atoms with Crippen molar-refractivity contribution in [1.82, 2.24) is 4.98 Å². The van der Waals surface area contributed by atoms with Crippen LogP contribution in [0.5, 0.6) is 0 Å². The quantitative estimate of drug-likeness (QED) is 0.729. The van der Waals surface area contributed by atoms with Crippen molar-refractivity contribution in [3.8, 4) is 0 Å². The standard InChI is InChI=1S/C8H12N2OS/c1-3-6(2)10-8-9-4-7(5-11)12-8/h4-6H,3H2,1-2H3,(H,9,10)/t6-/m1/s1. The molecule has 66 valence electrons. The van der Waals surface area contributed by atoms with Crippen molar-refractivity contribution in [2.24, 2.45) is 0 Å². The van der Waals surface area contributed by atoms with Gasteiger partial charge in [0.1, 0.15) is 0 Å². The number of carbonyl (C=O) groups excluding carboxylic acids is 1. The van der Waals surface area contributed by atoms with Gasteiger partial charge in [0.05, 0.1) is 11.1 Å². The molecule has 0 amide bonds. The molecule has 1 N–H and O–H groups in total. The first-order valence-electron chi connectivity index (χ1n) is 3.93. The highest BCUT2D eigenvalue weighted by molar-refractivity contribution is 7.17. The van der Waals surface area contributed by atoms with Crippen LogP contribution in [-0.2, 0) is 0 Å². The Morgan fingerprint density at radius 2 is 2.58 bits per heavy atom. The van der Waals surface area contributed by atoms with Crippen LogP contribution in [0.2, 0.25) is 0 Å². The summed E-state index contributed by atoms with van der Waals surface area (Å²) in [6.07, 6.45) is 3.46. The van der Waals surface area contributed by atoms with E-state index in [1.165, 1.54) is 11.3 Å². The molecule has 0 aliphatic rings. The fourth-order valence-corrected chi connectivity index (χ4v) is 1.46. The predicted octanol–water partition coefficient (Wildman–Crippen LogP) is 2.17. The van der Waals surface area contributed by atoms with Gasteiger partial charge in [-0.2, -0.15) is 0 Å². The van der Waals surface area contributed by atoms with Crippen LogP contribution in [0.1, 0.15) is 29.9 Å². The first-order chi connectivity index (χ1) is 5.76. The zero-order valence-electron chi connectivity index (χ0n) is 7.20. The van der Waals surface area contributed by atoms with Crippen LogP contribution >= 0.6 is 11.3 Å². The van der Waals surface area contributed by atoms with Crippen LogP contribution in [0.15, 0.2) is 6.20 Å². The minimum absolute atomic E-state index is 0.413. The first kappa shape index (κ1) is 9.19. The van der Waals surface area contributed by atoms with Gasteiger partial charge in [0, 0.05) is 6.04 Å². The zero-order chi connectivity index (χ0) is 8.97. The number of carbonyl (C=O) groups is 1. The van der Waals surface area contributed by atoms with Gasteiger partial charge in [-0.05, 0) is 13.3 Å². The number of hydrogen-bond donors (Lipinski definition) is 1. The third-order valence-corrected chi connectivity index (χ3v) is 2.48. The van der Waals surface area contributed by atoms with Gasteiger partial charge in [0.25, 0.3) is 0 Å². The van der Waals surface area contributed by atoms with E-state index in [4.69, 9.17) is 0 Å². The number of rotatable bonds is 4. The van der Waals surface area contributed by atoms with Gasteiger partial charge in [-0.25, -0.2) is 4.98 Å². The molecular weight excluding hydrogens is 172 g/mol. The molecule has 0 bridgehead atoms. The Kier molecular flexibility index (Phi) is 3.22. The molecule has 0 aliphatic heterocycles. The summed E-state index contributed by atoms with van der Waals surface area (Å²) >= 11 is 1.39. The van der Waals surface area contributed by atoms with Gasteiger partial charge in [-0.15, -0.1) is 0 Å². The molecule has 1 rings (SSSR count). The van der Waals surface area contributed by atoms with Crippen molar-refractivity contribution >= 4 is 22.8 Å². The van der Waals surface area contributed by atoms with Gasteiger partial charge in [-0.1, -0.05) is 18.3 Å². The molecule has 1 aromatic heterocycles. The molecule has 0 aliphatic carbocycles. The molecular formula is C8H12N2OS. The summed E-state index contributed by atoms with van der Waals surface area (Å²) in [5.41, 5.74) is 0. The van der Waals surface area contributed by atoms with E-state index in [9.17, 15) is 4.79 Å². The fourth-order valence-electron chi connectivity index (χ4n) is 0.721. The van der Waals surface area contributed by atoms with Crippen LogP contribution in [0, 0.1) is 0 Å². The topological polar surface area (TPSA) is 42.0 Å². The van der Waals surface area contributed by atoms with E-state index in [1.807, 2.05) is 0 Å². The first-order valence-corrected chi connectivity index (χ1v) is 4.75. The van der Waals surface area contributed by atoms with E-state index in [2.05, 4.69) is 24.1 Å². The van der Waals surface area contributed by atoms with Crippen LogP contribution < -0.4 is 5.32 Å². The highest BCUT2D eigenvalue weighted by atomic mass is 32.1. The zero-order valence-corrected chi connectivity index (χ0v) is 8.02. The lowest BCUT2D eigenvalue weighted by molar-refractivity contribution is 0.112.